The molecule has 2 aliphatic rings. The zero-order chi connectivity index (χ0) is 15.8. The standard InChI is InChI=1S/C18H23BrN4/c1-2-22-11-5-6-13(12-22)17-14-9-10-20-18(14)23(21-17)16-8-4-3-7-15(16)19/h3-4,7-8,13,20H,2,5-6,9-12H2,1H3. The Morgan fingerprint density at radius 2 is 2.22 bits per heavy atom. The largest absolute Gasteiger partial charge is 0.369 e. The summed E-state index contributed by atoms with van der Waals surface area (Å²) >= 11 is 3.67. The number of nitrogens with zero attached hydrogens (tertiary/aromatic N) is 3. The lowest BCUT2D eigenvalue weighted by Crippen LogP contribution is -2.34. The van der Waals surface area contributed by atoms with E-state index >= 15 is 0 Å². The molecule has 2 aliphatic heterocycles. The van der Waals surface area contributed by atoms with E-state index in [1.807, 2.05) is 6.07 Å². The van der Waals surface area contributed by atoms with Crippen LogP contribution >= 0.6 is 15.9 Å². The first-order valence-corrected chi connectivity index (χ1v) is 9.40. The van der Waals surface area contributed by atoms with Gasteiger partial charge in [-0.15, -0.1) is 0 Å². The molecule has 0 amide bonds. The van der Waals surface area contributed by atoms with E-state index in [2.05, 4.69) is 56.0 Å². The average Bonchev–Trinajstić information content (AvgIpc) is 3.18. The third-order valence-electron chi connectivity index (χ3n) is 5.10. The van der Waals surface area contributed by atoms with E-state index in [0.717, 1.165) is 36.2 Å². The van der Waals surface area contributed by atoms with Gasteiger partial charge in [-0.2, -0.15) is 5.10 Å². The predicted molar refractivity (Wildman–Crippen MR) is 97.5 cm³/mol. The fourth-order valence-corrected chi connectivity index (χ4v) is 4.35. The van der Waals surface area contributed by atoms with Gasteiger partial charge in [-0.3, -0.25) is 0 Å². The summed E-state index contributed by atoms with van der Waals surface area (Å²) in [7, 11) is 0. The van der Waals surface area contributed by atoms with Crippen molar-refractivity contribution < 1.29 is 0 Å². The molecule has 1 atom stereocenters. The minimum atomic E-state index is 0.570. The maximum atomic E-state index is 5.05. The zero-order valence-corrected chi connectivity index (χ0v) is 15.1. The maximum absolute atomic E-state index is 5.05. The maximum Gasteiger partial charge on any atom is 0.133 e. The highest BCUT2D eigenvalue weighted by molar-refractivity contribution is 9.10. The second-order valence-electron chi connectivity index (χ2n) is 6.48. The van der Waals surface area contributed by atoms with Crippen molar-refractivity contribution in [2.45, 2.75) is 32.1 Å². The van der Waals surface area contributed by atoms with Crippen LogP contribution in [0.4, 0.5) is 5.82 Å². The Bertz CT molecular complexity index is 709. The lowest BCUT2D eigenvalue weighted by molar-refractivity contribution is 0.215. The third kappa shape index (κ3) is 2.70. The van der Waals surface area contributed by atoms with E-state index in [9.17, 15) is 0 Å². The number of piperidine rings is 1. The summed E-state index contributed by atoms with van der Waals surface area (Å²) in [5.74, 6) is 1.77. The van der Waals surface area contributed by atoms with Crippen molar-refractivity contribution in [3.63, 3.8) is 0 Å². The Kier molecular flexibility index (Phi) is 4.16. The Hall–Kier alpha value is -1.33. The van der Waals surface area contributed by atoms with E-state index in [1.165, 1.54) is 36.5 Å². The number of likely N-dealkylation sites (N-methyl/N-ethyl adjacent to an activating group) is 1. The van der Waals surface area contributed by atoms with E-state index in [0.29, 0.717) is 5.92 Å². The molecule has 3 heterocycles. The van der Waals surface area contributed by atoms with Crippen LogP contribution in [0.15, 0.2) is 28.7 Å². The molecule has 1 unspecified atom stereocenters. The average molecular weight is 375 g/mol. The normalized spacial score (nSPS) is 21.2. The lowest BCUT2D eigenvalue weighted by atomic mass is 9.92. The van der Waals surface area contributed by atoms with Crippen LogP contribution in [-0.4, -0.2) is 40.9 Å². The number of anilines is 1. The highest BCUT2D eigenvalue weighted by atomic mass is 79.9. The van der Waals surface area contributed by atoms with E-state index in [-0.39, 0.29) is 0 Å². The van der Waals surface area contributed by atoms with Crippen molar-refractivity contribution in [3.8, 4) is 5.69 Å². The van der Waals surface area contributed by atoms with Crippen molar-refractivity contribution in [2.24, 2.45) is 0 Å². The van der Waals surface area contributed by atoms with Crippen LogP contribution in [0, 0.1) is 0 Å². The summed E-state index contributed by atoms with van der Waals surface area (Å²) in [5.41, 5.74) is 3.87. The Morgan fingerprint density at radius 3 is 3.04 bits per heavy atom. The van der Waals surface area contributed by atoms with Crippen LogP contribution in [0.25, 0.3) is 5.69 Å². The molecule has 1 aromatic heterocycles. The number of fused-ring (bicyclic) bond motifs is 1. The van der Waals surface area contributed by atoms with E-state index in [1.54, 1.807) is 0 Å². The van der Waals surface area contributed by atoms with Gasteiger partial charge in [0.15, 0.2) is 0 Å². The molecule has 1 aromatic carbocycles. The number of nitrogens with one attached hydrogen (secondary N) is 1. The molecule has 0 bridgehead atoms. The van der Waals surface area contributed by atoms with Crippen LogP contribution in [-0.2, 0) is 6.42 Å². The summed E-state index contributed by atoms with van der Waals surface area (Å²) in [6.45, 7) is 6.80. The topological polar surface area (TPSA) is 33.1 Å². The lowest BCUT2D eigenvalue weighted by Gasteiger charge is -2.31. The fourth-order valence-electron chi connectivity index (χ4n) is 3.89. The molecular formula is C18H23BrN4. The second kappa shape index (κ2) is 6.29. The summed E-state index contributed by atoms with van der Waals surface area (Å²) < 4.78 is 3.19. The van der Waals surface area contributed by atoms with E-state index < -0.39 is 0 Å². The minimum Gasteiger partial charge on any atom is -0.369 e. The number of para-hydroxylation sites is 1. The Balaban J connectivity index is 1.75. The zero-order valence-electron chi connectivity index (χ0n) is 13.6. The number of halogens is 1. The fraction of sp³-hybridized carbons (Fsp3) is 0.500. The molecule has 122 valence electrons. The van der Waals surface area contributed by atoms with Crippen LogP contribution in [0.3, 0.4) is 0 Å². The molecule has 0 radical (unpaired) electrons. The van der Waals surface area contributed by atoms with Gasteiger partial charge in [0.25, 0.3) is 0 Å². The molecule has 0 saturated carbocycles. The molecule has 23 heavy (non-hydrogen) atoms. The molecule has 1 saturated heterocycles. The van der Waals surface area contributed by atoms with E-state index in [4.69, 9.17) is 5.10 Å². The summed E-state index contributed by atoms with van der Waals surface area (Å²) in [4.78, 5) is 2.56. The predicted octanol–water partition coefficient (Wildman–Crippen LogP) is 3.80. The summed E-state index contributed by atoms with van der Waals surface area (Å²) in [5, 5.41) is 8.60. The molecule has 1 N–H and O–H groups in total. The molecular weight excluding hydrogens is 352 g/mol. The third-order valence-corrected chi connectivity index (χ3v) is 5.77. The van der Waals surface area contributed by atoms with Crippen molar-refractivity contribution in [1.82, 2.24) is 14.7 Å². The number of hydrogen-bond acceptors (Lipinski definition) is 3. The van der Waals surface area contributed by atoms with Crippen LogP contribution < -0.4 is 5.32 Å². The van der Waals surface area contributed by atoms with Crippen molar-refractivity contribution in [1.29, 1.82) is 0 Å². The van der Waals surface area contributed by atoms with Crippen molar-refractivity contribution >= 4 is 21.7 Å². The number of benzene rings is 1. The van der Waals surface area contributed by atoms with Crippen LogP contribution in [0.5, 0.6) is 0 Å². The van der Waals surface area contributed by atoms with Gasteiger partial charge < -0.3 is 10.2 Å². The highest BCUT2D eigenvalue weighted by Crippen LogP contribution is 2.37. The SMILES string of the molecule is CCN1CCCC(c2nn(-c3ccccc3Br)c3c2CCN3)C1. The van der Waals surface area contributed by atoms with Gasteiger partial charge in [-0.1, -0.05) is 19.1 Å². The number of rotatable bonds is 3. The van der Waals surface area contributed by atoms with Gasteiger partial charge in [0.05, 0.1) is 11.4 Å². The Morgan fingerprint density at radius 1 is 1.35 bits per heavy atom. The first kappa shape index (κ1) is 15.2. The Labute approximate surface area is 146 Å². The first-order chi connectivity index (χ1) is 11.3. The number of hydrogen-bond donors (Lipinski definition) is 1. The van der Waals surface area contributed by atoms with Crippen LogP contribution in [0.1, 0.15) is 36.9 Å². The molecule has 5 heteroatoms. The molecule has 4 nitrogen and oxygen atoms in total. The van der Waals surface area contributed by atoms with Gasteiger partial charge in [-0.25, -0.2) is 4.68 Å². The molecule has 0 aliphatic carbocycles. The van der Waals surface area contributed by atoms with Crippen LogP contribution in [0.2, 0.25) is 0 Å². The number of aromatic nitrogens is 2. The molecule has 0 spiro atoms. The van der Waals surface area contributed by atoms with Gasteiger partial charge in [-0.05, 0) is 60.4 Å². The van der Waals surface area contributed by atoms with Crippen molar-refractivity contribution in [2.75, 3.05) is 31.5 Å². The van der Waals surface area contributed by atoms with Crippen molar-refractivity contribution in [3.05, 3.63) is 40.0 Å². The molecule has 1 fully saturated rings. The first-order valence-electron chi connectivity index (χ1n) is 8.61. The van der Waals surface area contributed by atoms with Gasteiger partial charge >= 0.3 is 0 Å². The molecule has 4 rings (SSSR count). The minimum absolute atomic E-state index is 0.570. The second-order valence-corrected chi connectivity index (χ2v) is 7.34. The summed E-state index contributed by atoms with van der Waals surface area (Å²) in [6, 6.07) is 8.33. The highest BCUT2D eigenvalue weighted by Gasteiger charge is 2.30. The monoisotopic (exact) mass is 374 g/mol. The smallest absolute Gasteiger partial charge is 0.133 e. The summed E-state index contributed by atoms with van der Waals surface area (Å²) in [6.07, 6.45) is 3.64. The van der Waals surface area contributed by atoms with Gasteiger partial charge in [0, 0.05) is 29.0 Å². The van der Waals surface area contributed by atoms with Gasteiger partial charge in [0.1, 0.15) is 5.82 Å². The number of likely N-dealkylation sites (tertiary alicyclic amines) is 1. The quantitative estimate of drug-likeness (QED) is 0.886. The van der Waals surface area contributed by atoms with Gasteiger partial charge in [0.2, 0.25) is 0 Å². The molecule has 2 aromatic rings.